The lowest BCUT2D eigenvalue weighted by atomic mass is 9.93. The van der Waals surface area contributed by atoms with Crippen LogP contribution in [0.3, 0.4) is 0 Å². The zero-order valence-electron chi connectivity index (χ0n) is 10.6. The van der Waals surface area contributed by atoms with Gasteiger partial charge in [0.1, 0.15) is 4.90 Å². The fourth-order valence-corrected chi connectivity index (χ4v) is 3.86. The Bertz CT molecular complexity index is 524. The molecule has 0 N–H and O–H groups in total. The van der Waals surface area contributed by atoms with Crippen molar-refractivity contribution < 1.29 is 8.42 Å². The van der Waals surface area contributed by atoms with Gasteiger partial charge in [-0.2, -0.15) is 9.40 Å². The smallest absolute Gasteiger partial charge is 0.246 e. The van der Waals surface area contributed by atoms with E-state index in [1.165, 1.54) is 10.5 Å². The lowest BCUT2D eigenvalue weighted by Crippen LogP contribution is -2.30. The van der Waals surface area contributed by atoms with Crippen molar-refractivity contribution in [3.05, 3.63) is 12.4 Å². The fraction of sp³-hybridized carbons (Fsp3) is 0.727. The average molecular weight is 292 g/mol. The van der Waals surface area contributed by atoms with E-state index in [1.807, 2.05) is 0 Å². The molecule has 2 heterocycles. The van der Waals surface area contributed by atoms with Gasteiger partial charge in [0.15, 0.2) is 0 Å². The van der Waals surface area contributed by atoms with Crippen LogP contribution in [0, 0.1) is 5.41 Å². The molecule has 0 bridgehead atoms. The summed E-state index contributed by atoms with van der Waals surface area (Å²) in [7, 11) is -3.40. The van der Waals surface area contributed by atoms with Crippen molar-refractivity contribution in [2.75, 3.05) is 19.0 Å². The van der Waals surface area contributed by atoms with Crippen LogP contribution in [0.15, 0.2) is 17.3 Å². The Morgan fingerprint density at radius 3 is 2.78 bits per heavy atom. The van der Waals surface area contributed by atoms with Crippen LogP contribution < -0.4 is 0 Å². The Labute approximate surface area is 113 Å². The van der Waals surface area contributed by atoms with E-state index in [9.17, 15) is 8.42 Å². The van der Waals surface area contributed by atoms with Gasteiger partial charge in [0.05, 0.1) is 12.7 Å². The maximum Gasteiger partial charge on any atom is 0.246 e. The maximum atomic E-state index is 12.4. The van der Waals surface area contributed by atoms with E-state index in [0.717, 1.165) is 6.42 Å². The molecule has 0 spiro atoms. The van der Waals surface area contributed by atoms with Crippen LogP contribution in [-0.4, -0.2) is 41.5 Å². The van der Waals surface area contributed by atoms with Crippen molar-refractivity contribution in [3.8, 4) is 0 Å². The molecule has 7 heteroatoms. The van der Waals surface area contributed by atoms with Gasteiger partial charge in [-0.05, 0) is 11.8 Å². The van der Waals surface area contributed by atoms with E-state index in [2.05, 4.69) is 18.9 Å². The molecule has 0 radical (unpaired) electrons. The van der Waals surface area contributed by atoms with Gasteiger partial charge in [-0.25, -0.2) is 8.42 Å². The highest BCUT2D eigenvalue weighted by molar-refractivity contribution is 7.89. The molecule has 0 unspecified atom stereocenters. The van der Waals surface area contributed by atoms with Crippen LogP contribution in [-0.2, 0) is 16.6 Å². The summed E-state index contributed by atoms with van der Waals surface area (Å²) in [5.41, 5.74) is 0.0548. The first-order valence-corrected chi connectivity index (χ1v) is 7.91. The van der Waals surface area contributed by atoms with Crippen molar-refractivity contribution in [1.82, 2.24) is 14.1 Å². The number of sulfonamides is 1. The lowest BCUT2D eigenvalue weighted by molar-refractivity contribution is 0.375. The minimum absolute atomic E-state index is 0.0548. The molecule has 5 nitrogen and oxygen atoms in total. The van der Waals surface area contributed by atoms with Gasteiger partial charge in [-0.15, -0.1) is 11.6 Å². The van der Waals surface area contributed by atoms with Crippen LogP contribution in [0.1, 0.15) is 20.3 Å². The van der Waals surface area contributed by atoms with Gasteiger partial charge in [0.2, 0.25) is 10.0 Å². The second kappa shape index (κ2) is 4.83. The summed E-state index contributed by atoms with van der Waals surface area (Å²) in [5.74, 6) is 0.415. The molecule has 1 aliphatic rings. The van der Waals surface area contributed by atoms with Gasteiger partial charge in [0, 0.05) is 25.2 Å². The number of hydrogen-bond donors (Lipinski definition) is 0. The number of alkyl halides is 1. The molecule has 0 aromatic carbocycles. The second-order valence-corrected chi connectivity index (χ2v) is 7.70. The molecule has 1 aliphatic heterocycles. The zero-order valence-corrected chi connectivity index (χ0v) is 12.2. The standard InChI is InChI=1S/C11H18ClN3O2S/c1-11(2)3-5-15(9-11)18(16,17)10-7-13-14(8-10)6-4-12/h7-8H,3-6,9H2,1-2H3. The highest BCUT2D eigenvalue weighted by Gasteiger charge is 2.37. The molecule has 1 fully saturated rings. The molecule has 18 heavy (non-hydrogen) atoms. The predicted octanol–water partition coefficient (Wildman–Crippen LogP) is 1.54. The van der Waals surface area contributed by atoms with Crippen LogP contribution in [0.5, 0.6) is 0 Å². The molecule has 0 saturated carbocycles. The van der Waals surface area contributed by atoms with Crippen LogP contribution in [0.4, 0.5) is 0 Å². The summed E-state index contributed by atoms with van der Waals surface area (Å²) in [6.45, 7) is 5.83. The minimum Gasteiger partial charge on any atom is -0.270 e. The third kappa shape index (κ3) is 2.70. The first-order valence-electron chi connectivity index (χ1n) is 5.94. The molecule has 0 atom stereocenters. The van der Waals surface area contributed by atoms with Gasteiger partial charge in [-0.1, -0.05) is 13.8 Å². The summed E-state index contributed by atoms with van der Waals surface area (Å²) in [5, 5.41) is 4.01. The van der Waals surface area contributed by atoms with Gasteiger partial charge < -0.3 is 0 Å². The number of halogens is 1. The van der Waals surface area contributed by atoms with Gasteiger partial charge >= 0.3 is 0 Å². The van der Waals surface area contributed by atoms with Gasteiger partial charge in [-0.3, -0.25) is 4.68 Å². The Morgan fingerprint density at radius 1 is 1.50 bits per heavy atom. The largest absolute Gasteiger partial charge is 0.270 e. The number of nitrogens with zero attached hydrogens (tertiary/aromatic N) is 3. The third-order valence-corrected chi connectivity index (χ3v) is 5.17. The van der Waals surface area contributed by atoms with E-state index in [0.29, 0.717) is 25.5 Å². The molecule has 2 rings (SSSR count). The Balaban J connectivity index is 2.20. The SMILES string of the molecule is CC1(C)CCN(S(=O)(=O)c2cnn(CCCl)c2)C1. The quantitative estimate of drug-likeness (QED) is 0.791. The Morgan fingerprint density at radius 2 is 2.22 bits per heavy atom. The lowest BCUT2D eigenvalue weighted by Gasteiger charge is -2.18. The highest BCUT2D eigenvalue weighted by Crippen LogP contribution is 2.32. The van der Waals surface area contributed by atoms with Gasteiger partial charge in [0.25, 0.3) is 0 Å². The van der Waals surface area contributed by atoms with Crippen molar-refractivity contribution in [1.29, 1.82) is 0 Å². The van der Waals surface area contributed by atoms with Crippen molar-refractivity contribution in [3.63, 3.8) is 0 Å². The normalized spacial score (nSPS) is 20.4. The first-order chi connectivity index (χ1) is 8.35. The molecule has 1 saturated heterocycles. The maximum absolute atomic E-state index is 12.4. The monoisotopic (exact) mass is 291 g/mol. The number of aromatic nitrogens is 2. The summed E-state index contributed by atoms with van der Waals surface area (Å²) in [6.07, 6.45) is 3.83. The number of aryl methyl sites for hydroxylation is 1. The molecular weight excluding hydrogens is 274 g/mol. The van der Waals surface area contributed by atoms with E-state index < -0.39 is 10.0 Å². The van der Waals surface area contributed by atoms with Crippen molar-refractivity contribution in [2.24, 2.45) is 5.41 Å². The summed E-state index contributed by atoms with van der Waals surface area (Å²) >= 11 is 5.60. The summed E-state index contributed by atoms with van der Waals surface area (Å²) in [6, 6.07) is 0. The number of rotatable bonds is 4. The molecule has 1 aromatic rings. The average Bonchev–Trinajstić information content (AvgIpc) is 2.86. The topological polar surface area (TPSA) is 55.2 Å². The molecular formula is C11H18ClN3O2S. The van der Waals surface area contributed by atoms with Crippen molar-refractivity contribution in [2.45, 2.75) is 31.7 Å². The van der Waals surface area contributed by atoms with Crippen LogP contribution in [0.25, 0.3) is 0 Å². The van der Waals surface area contributed by atoms with Crippen molar-refractivity contribution >= 4 is 21.6 Å². The summed E-state index contributed by atoms with van der Waals surface area (Å²) in [4.78, 5) is 0.255. The number of hydrogen-bond acceptors (Lipinski definition) is 3. The van der Waals surface area contributed by atoms with E-state index in [4.69, 9.17) is 11.6 Å². The van der Waals surface area contributed by atoms with E-state index in [1.54, 1.807) is 10.9 Å². The van der Waals surface area contributed by atoms with Crippen LogP contribution >= 0.6 is 11.6 Å². The Kier molecular flexibility index (Phi) is 3.71. The minimum atomic E-state index is -3.40. The predicted molar refractivity (Wildman–Crippen MR) is 70.1 cm³/mol. The third-order valence-electron chi connectivity index (χ3n) is 3.20. The second-order valence-electron chi connectivity index (χ2n) is 5.38. The summed E-state index contributed by atoms with van der Waals surface area (Å²) < 4.78 is 27.9. The first kappa shape index (κ1) is 13.8. The van der Waals surface area contributed by atoms with E-state index >= 15 is 0 Å². The highest BCUT2D eigenvalue weighted by atomic mass is 35.5. The Hall–Kier alpha value is -0.590. The zero-order chi connectivity index (χ0) is 13.4. The van der Waals surface area contributed by atoms with E-state index in [-0.39, 0.29) is 10.3 Å². The fourth-order valence-electron chi connectivity index (χ4n) is 2.10. The molecule has 0 aliphatic carbocycles. The molecule has 102 valence electrons. The molecule has 0 amide bonds. The van der Waals surface area contributed by atoms with Crippen LogP contribution in [0.2, 0.25) is 0 Å². The molecule has 1 aromatic heterocycles.